The van der Waals surface area contributed by atoms with Gasteiger partial charge in [0.2, 0.25) is 0 Å². The van der Waals surface area contributed by atoms with Crippen molar-refractivity contribution in [2.45, 2.75) is 78.2 Å². The standard InChI is InChI=1S/C17H30O/c1-15(2)9-6-10-16(3)13(15)7-5-11-17(4)14(16)8-12-18-17/h13-14H,5-12H2,1-4H3/t13?,14-,16+,17-/m1/s1. The van der Waals surface area contributed by atoms with E-state index in [9.17, 15) is 0 Å². The van der Waals surface area contributed by atoms with Crippen molar-refractivity contribution in [3.63, 3.8) is 0 Å². The lowest BCUT2D eigenvalue weighted by Crippen LogP contribution is -2.49. The van der Waals surface area contributed by atoms with Gasteiger partial charge in [-0.15, -0.1) is 0 Å². The molecule has 1 heterocycles. The fourth-order valence-corrected chi connectivity index (χ4v) is 6.05. The van der Waals surface area contributed by atoms with Gasteiger partial charge >= 0.3 is 0 Å². The molecule has 1 saturated heterocycles. The summed E-state index contributed by atoms with van der Waals surface area (Å²) in [4.78, 5) is 0. The van der Waals surface area contributed by atoms with E-state index in [4.69, 9.17) is 4.74 Å². The van der Waals surface area contributed by atoms with Gasteiger partial charge in [0.15, 0.2) is 0 Å². The summed E-state index contributed by atoms with van der Waals surface area (Å²) in [5.74, 6) is 1.71. The molecular weight excluding hydrogens is 220 g/mol. The zero-order chi connectivity index (χ0) is 13.0. The maximum Gasteiger partial charge on any atom is 0.0688 e. The molecule has 1 nitrogen and oxygen atoms in total. The molecule has 0 aromatic carbocycles. The van der Waals surface area contributed by atoms with E-state index >= 15 is 0 Å². The SMILES string of the molecule is CC1(C)CCC[C@@]2(C)C1CCC[C@@]1(C)OCC[C@@H]12. The Kier molecular flexibility index (Phi) is 2.86. The molecule has 0 bridgehead atoms. The molecule has 2 saturated carbocycles. The van der Waals surface area contributed by atoms with Crippen LogP contribution in [0, 0.1) is 22.7 Å². The minimum atomic E-state index is 0.191. The van der Waals surface area contributed by atoms with Gasteiger partial charge in [0.05, 0.1) is 5.60 Å². The first kappa shape index (κ1) is 13.0. The molecule has 0 N–H and O–H groups in total. The summed E-state index contributed by atoms with van der Waals surface area (Å²) in [5.41, 5.74) is 1.27. The summed E-state index contributed by atoms with van der Waals surface area (Å²) in [6, 6.07) is 0. The monoisotopic (exact) mass is 250 g/mol. The minimum Gasteiger partial charge on any atom is -0.375 e. The Labute approximate surface area is 113 Å². The van der Waals surface area contributed by atoms with E-state index in [1.165, 1.54) is 44.9 Å². The third-order valence-corrected chi connectivity index (χ3v) is 6.81. The highest BCUT2D eigenvalue weighted by molar-refractivity contribution is 5.07. The maximum absolute atomic E-state index is 6.21. The van der Waals surface area contributed by atoms with E-state index in [1.54, 1.807) is 0 Å². The molecule has 104 valence electrons. The fraction of sp³-hybridized carbons (Fsp3) is 1.00. The highest BCUT2D eigenvalue weighted by atomic mass is 16.5. The normalized spacial score (nSPS) is 51.3. The summed E-state index contributed by atoms with van der Waals surface area (Å²) in [5, 5.41) is 0. The van der Waals surface area contributed by atoms with E-state index in [0.29, 0.717) is 10.8 Å². The number of fused-ring (bicyclic) bond motifs is 3. The molecule has 0 radical (unpaired) electrons. The van der Waals surface area contributed by atoms with Gasteiger partial charge in [-0.1, -0.05) is 33.6 Å². The Morgan fingerprint density at radius 3 is 2.39 bits per heavy atom. The molecule has 4 atom stereocenters. The van der Waals surface area contributed by atoms with Crippen molar-refractivity contribution >= 4 is 0 Å². The van der Waals surface area contributed by atoms with Crippen LogP contribution in [0.15, 0.2) is 0 Å². The summed E-state index contributed by atoms with van der Waals surface area (Å²) < 4.78 is 6.21. The molecule has 1 heteroatoms. The van der Waals surface area contributed by atoms with Crippen LogP contribution in [0.25, 0.3) is 0 Å². The van der Waals surface area contributed by atoms with Crippen molar-refractivity contribution in [1.29, 1.82) is 0 Å². The lowest BCUT2D eigenvalue weighted by Gasteiger charge is -2.55. The Balaban J connectivity index is 2.01. The molecule has 0 amide bonds. The van der Waals surface area contributed by atoms with Gasteiger partial charge in [-0.05, 0) is 61.7 Å². The van der Waals surface area contributed by atoms with Crippen molar-refractivity contribution in [2.24, 2.45) is 22.7 Å². The van der Waals surface area contributed by atoms with Gasteiger partial charge in [0.1, 0.15) is 0 Å². The number of hydrogen-bond donors (Lipinski definition) is 0. The molecule has 18 heavy (non-hydrogen) atoms. The van der Waals surface area contributed by atoms with Gasteiger partial charge in [-0.25, -0.2) is 0 Å². The Morgan fingerprint density at radius 1 is 0.833 bits per heavy atom. The van der Waals surface area contributed by atoms with Gasteiger partial charge in [-0.2, -0.15) is 0 Å². The largest absolute Gasteiger partial charge is 0.375 e. The molecule has 2 aliphatic carbocycles. The average molecular weight is 250 g/mol. The predicted molar refractivity (Wildman–Crippen MR) is 75.5 cm³/mol. The number of hydrogen-bond acceptors (Lipinski definition) is 1. The van der Waals surface area contributed by atoms with Crippen molar-refractivity contribution < 1.29 is 4.74 Å². The molecule has 0 spiro atoms. The zero-order valence-corrected chi connectivity index (χ0v) is 12.7. The summed E-state index contributed by atoms with van der Waals surface area (Å²) in [6.07, 6.45) is 9.68. The lowest BCUT2D eigenvalue weighted by molar-refractivity contribution is -0.0889. The van der Waals surface area contributed by atoms with Gasteiger partial charge in [0.25, 0.3) is 0 Å². The molecule has 3 fully saturated rings. The second-order valence-electron chi connectivity index (χ2n) is 8.30. The first-order valence-electron chi connectivity index (χ1n) is 8.02. The smallest absolute Gasteiger partial charge is 0.0688 e. The summed E-state index contributed by atoms with van der Waals surface area (Å²) in [6.45, 7) is 11.0. The topological polar surface area (TPSA) is 9.23 Å². The average Bonchev–Trinajstić information content (AvgIpc) is 2.61. The van der Waals surface area contributed by atoms with Crippen molar-refractivity contribution in [3.05, 3.63) is 0 Å². The molecule has 0 aromatic heterocycles. The maximum atomic E-state index is 6.21. The van der Waals surface area contributed by atoms with Crippen LogP contribution in [0.4, 0.5) is 0 Å². The van der Waals surface area contributed by atoms with E-state index in [0.717, 1.165) is 18.4 Å². The Morgan fingerprint density at radius 2 is 1.61 bits per heavy atom. The van der Waals surface area contributed by atoms with Crippen LogP contribution >= 0.6 is 0 Å². The quantitative estimate of drug-likeness (QED) is 0.600. The number of rotatable bonds is 0. The highest BCUT2D eigenvalue weighted by Crippen LogP contribution is 2.63. The second kappa shape index (κ2) is 3.98. The minimum absolute atomic E-state index is 0.191. The first-order chi connectivity index (χ1) is 8.39. The van der Waals surface area contributed by atoms with Crippen LogP contribution in [0.3, 0.4) is 0 Å². The van der Waals surface area contributed by atoms with Crippen molar-refractivity contribution in [1.82, 2.24) is 0 Å². The summed E-state index contributed by atoms with van der Waals surface area (Å²) >= 11 is 0. The van der Waals surface area contributed by atoms with E-state index in [1.807, 2.05) is 0 Å². The van der Waals surface area contributed by atoms with Crippen LogP contribution < -0.4 is 0 Å². The van der Waals surface area contributed by atoms with Crippen LogP contribution in [-0.4, -0.2) is 12.2 Å². The van der Waals surface area contributed by atoms with E-state index in [2.05, 4.69) is 27.7 Å². The van der Waals surface area contributed by atoms with Crippen LogP contribution in [0.1, 0.15) is 72.6 Å². The second-order valence-corrected chi connectivity index (χ2v) is 8.30. The molecular formula is C17H30O. The summed E-state index contributed by atoms with van der Waals surface area (Å²) in [7, 11) is 0. The van der Waals surface area contributed by atoms with E-state index in [-0.39, 0.29) is 5.60 Å². The Bertz CT molecular complexity index is 331. The van der Waals surface area contributed by atoms with Gasteiger partial charge in [-0.3, -0.25) is 0 Å². The van der Waals surface area contributed by atoms with Crippen molar-refractivity contribution in [3.8, 4) is 0 Å². The van der Waals surface area contributed by atoms with Crippen LogP contribution in [-0.2, 0) is 4.74 Å². The molecule has 3 aliphatic rings. The van der Waals surface area contributed by atoms with Crippen molar-refractivity contribution in [2.75, 3.05) is 6.61 Å². The van der Waals surface area contributed by atoms with Gasteiger partial charge < -0.3 is 4.74 Å². The van der Waals surface area contributed by atoms with E-state index < -0.39 is 0 Å². The lowest BCUT2D eigenvalue weighted by atomic mass is 9.50. The highest BCUT2D eigenvalue weighted by Gasteiger charge is 2.58. The Hall–Kier alpha value is -0.0400. The fourth-order valence-electron chi connectivity index (χ4n) is 6.05. The molecule has 3 rings (SSSR count). The third kappa shape index (κ3) is 1.69. The zero-order valence-electron chi connectivity index (χ0n) is 12.7. The predicted octanol–water partition coefficient (Wildman–Crippen LogP) is 4.80. The van der Waals surface area contributed by atoms with Crippen LogP contribution in [0.2, 0.25) is 0 Å². The van der Waals surface area contributed by atoms with Gasteiger partial charge in [0, 0.05) is 6.61 Å². The molecule has 1 aliphatic heterocycles. The van der Waals surface area contributed by atoms with Crippen LogP contribution in [0.5, 0.6) is 0 Å². The molecule has 1 unspecified atom stereocenters. The number of ether oxygens (including phenoxy) is 1. The first-order valence-corrected chi connectivity index (χ1v) is 8.02. The molecule has 0 aromatic rings. The third-order valence-electron chi connectivity index (χ3n) is 6.81.